The molecule has 2 amide bonds. The van der Waals surface area contributed by atoms with Crippen LogP contribution in [0, 0.1) is 0 Å². The van der Waals surface area contributed by atoms with E-state index in [1.165, 1.54) is 0 Å². The summed E-state index contributed by atoms with van der Waals surface area (Å²) in [5.74, 6) is -0.238. The van der Waals surface area contributed by atoms with Gasteiger partial charge in [0.2, 0.25) is 0 Å². The molecule has 0 saturated heterocycles. The number of hydrogen-bond donors (Lipinski definition) is 3. The predicted molar refractivity (Wildman–Crippen MR) is 113 cm³/mol. The molecule has 8 nitrogen and oxygen atoms in total. The van der Waals surface area contributed by atoms with E-state index in [9.17, 15) is 9.59 Å². The third-order valence-electron chi connectivity index (χ3n) is 5.16. The summed E-state index contributed by atoms with van der Waals surface area (Å²) in [6.45, 7) is 6.86. The van der Waals surface area contributed by atoms with Gasteiger partial charge < -0.3 is 19.9 Å². The van der Waals surface area contributed by atoms with Gasteiger partial charge in [0.05, 0.1) is 6.54 Å². The maximum absolute atomic E-state index is 12.7. The molecular weight excluding hydrogens is 382 g/mol. The van der Waals surface area contributed by atoms with Crippen LogP contribution in [0.15, 0.2) is 30.5 Å². The SMILES string of the molecule is CC(C)(C)OC(=O)N1CCc2[nH]nc(C(=O)NCCc3c[nH]c4ccccc34)c2C1. The Hall–Kier alpha value is -3.29. The highest BCUT2D eigenvalue weighted by atomic mass is 16.6. The van der Waals surface area contributed by atoms with Crippen molar-refractivity contribution in [2.75, 3.05) is 13.1 Å². The number of nitrogens with one attached hydrogen (secondary N) is 3. The van der Waals surface area contributed by atoms with Crippen molar-refractivity contribution >= 4 is 22.9 Å². The average Bonchev–Trinajstić information content (AvgIpc) is 3.30. The fraction of sp³-hybridized carbons (Fsp3) is 0.409. The molecule has 4 rings (SSSR count). The standard InChI is InChI=1S/C22H27N5O3/c1-22(2,3)30-21(29)27-11-9-18-16(13-27)19(26-25-18)20(28)23-10-8-14-12-24-17-7-5-4-6-15(14)17/h4-7,12,24H,8-11,13H2,1-3H3,(H,23,28)(H,25,26). The molecule has 0 radical (unpaired) electrons. The summed E-state index contributed by atoms with van der Waals surface area (Å²) < 4.78 is 5.46. The van der Waals surface area contributed by atoms with Gasteiger partial charge in [-0.1, -0.05) is 18.2 Å². The Morgan fingerprint density at radius 2 is 2.07 bits per heavy atom. The van der Waals surface area contributed by atoms with Gasteiger partial charge in [-0.25, -0.2) is 4.79 Å². The van der Waals surface area contributed by atoms with Gasteiger partial charge in [0.25, 0.3) is 5.91 Å². The Morgan fingerprint density at radius 1 is 1.27 bits per heavy atom. The largest absolute Gasteiger partial charge is 0.444 e. The van der Waals surface area contributed by atoms with Crippen LogP contribution >= 0.6 is 0 Å². The first-order chi connectivity index (χ1) is 14.3. The minimum Gasteiger partial charge on any atom is -0.444 e. The van der Waals surface area contributed by atoms with E-state index in [1.807, 2.05) is 45.2 Å². The van der Waals surface area contributed by atoms with Crippen molar-refractivity contribution in [2.45, 2.75) is 45.8 Å². The Balaban J connectivity index is 1.39. The number of hydrogen-bond acceptors (Lipinski definition) is 4. The number of carbonyl (C=O) groups excluding carboxylic acids is 2. The molecule has 8 heteroatoms. The summed E-state index contributed by atoms with van der Waals surface area (Å²) >= 11 is 0. The third kappa shape index (κ3) is 4.17. The average molecular weight is 409 g/mol. The Bertz CT molecular complexity index is 1080. The molecule has 0 spiro atoms. The summed E-state index contributed by atoms with van der Waals surface area (Å²) in [5, 5.41) is 11.3. The monoisotopic (exact) mass is 409 g/mol. The van der Waals surface area contributed by atoms with Crippen molar-refractivity contribution in [2.24, 2.45) is 0 Å². The van der Waals surface area contributed by atoms with Gasteiger partial charge in [-0.3, -0.25) is 9.89 Å². The molecule has 3 aromatic rings. The zero-order valence-corrected chi connectivity index (χ0v) is 17.5. The van der Waals surface area contributed by atoms with Crippen LogP contribution in [0.5, 0.6) is 0 Å². The molecule has 1 aromatic carbocycles. The number of carbonyl (C=O) groups is 2. The van der Waals surface area contributed by atoms with Crippen molar-refractivity contribution in [3.8, 4) is 0 Å². The Labute approximate surface area is 175 Å². The van der Waals surface area contributed by atoms with Gasteiger partial charge in [0.1, 0.15) is 5.60 Å². The third-order valence-corrected chi connectivity index (χ3v) is 5.16. The van der Waals surface area contributed by atoms with Crippen molar-refractivity contribution in [3.05, 3.63) is 53.0 Å². The van der Waals surface area contributed by atoms with Crippen LogP contribution in [0.25, 0.3) is 10.9 Å². The van der Waals surface area contributed by atoms with E-state index in [4.69, 9.17) is 4.74 Å². The van der Waals surface area contributed by atoms with Crippen LogP contribution < -0.4 is 5.32 Å². The first-order valence-corrected chi connectivity index (χ1v) is 10.2. The van der Waals surface area contributed by atoms with Gasteiger partial charge in [-0.05, 0) is 38.8 Å². The van der Waals surface area contributed by atoms with Crippen LogP contribution in [-0.2, 0) is 24.1 Å². The van der Waals surface area contributed by atoms with Crippen molar-refractivity contribution in [1.29, 1.82) is 0 Å². The molecule has 0 saturated carbocycles. The molecule has 3 N–H and O–H groups in total. The lowest BCUT2D eigenvalue weighted by atomic mass is 10.1. The number of ether oxygens (including phenoxy) is 1. The summed E-state index contributed by atoms with van der Waals surface area (Å²) in [5.41, 5.74) is 3.69. The lowest BCUT2D eigenvalue weighted by molar-refractivity contribution is 0.0222. The lowest BCUT2D eigenvalue weighted by Gasteiger charge is -2.30. The molecule has 3 heterocycles. The van der Waals surface area contributed by atoms with Crippen LogP contribution in [-0.4, -0.2) is 50.8 Å². The van der Waals surface area contributed by atoms with Crippen molar-refractivity contribution in [1.82, 2.24) is 25.4 Å². The molecule has 2 aromatic heterocycles. The van der Waals surface area contributed by atoms with E-state index >= 15 is 0 Å². The maximum atomic E-state index is 12.7. The second kappa shape index (κ2) is 7.85. The summed E-state index contributed by atoms with van der Waals surface area (Å²) in [6, 6.07) is 8.10. The highest BCUT2D eigenvalue weighted by Gasteiger charge is 2.30. The van der Waals surface area contributed by atoms with Crippen LogP contribution in [0.3, 0.4) is 0 Å². The number of H-pyrrole nitrogens is 2. The van der Waals surface area contributed by atoms with E-state index in [2.05, 4.69) is 26.6 Å². The van der Waals surface area contributed by atoms with Crippen molar-refractivity contribution in [3.63, 3.8) is 0 Å². The van der Waals surface area contributed by atoms with Crippen LogP contribution in [0.1, 0.15) is 48.1 Å². The molecule has 0 fully saturated rings. The molecule has 0 aliphatic carbocycles. The topological polar surface area (TPSA) is 103 Å². The molecule has 0 unspecified atom stereocenters. The summed E-state index contributed by atoms with van der Waals surface area (Å²) in [7, 11) is 0. The molecule has 0 atom stereocenters. The van der Waals surface area contributed by atoms with E-state index in [1.54, 1.807) is 4.90 Å². The maximum Gasteiger partial charge on any atom is 0.410 e. The van der Waals surface area contributed by atoms with E-state index in [0.717, 1.165) is 27.7 Å². The minimum absolute atomic E-state index is 0.238. The fourth-order valence-corrected chi connectivity index (χ4v) is 3.70. The normalized spacial score (nSPS) is 13.9. The Morgan fingerprint density at radius 3 is 2.87 bits per heavy atom. The molecule has 1 aliphatic rings. The number of rotatable bonds is 4. The van der Waals surface area contributed by atoms with Gasteiger partial charge in [-0.2, -0.15) is 5.10 Å². The Kier molecular flexibility index (Phi) is 5.24. The number of para-hydroxylation sites is 1. The zero-order chi connectivity index (χ0) is 21.3. The number of amides is 2. The highest BCUT2D eigenvalue weighted by Crippen LogP contribution is 2.22. The number of benzene rings is 1. The molecule has 1 aliphatic heterocycles. The number of nitrogens with zero attached hydrogens (tertiary/aromatic N) is 2. The molecule has 0 bridgehead atoms. The second-order valence-electron chi connectivity index (χ2n) is 8.55. The first kappa shape index (κ1) is 20.0. The van der Waals surface area contributed by atoms with Gasteiger partial charge >= 0.3 is 6.09 Å². The fourth-order valence-electron chi connectivity index (χ4n) is 3.70. The van der Waals surface area contributed by atoms with Crippen LogP contribution in [0.4, 0.5) is 4.79 Å². The summed E-state index contributed by atoms with van der Waals surface area (Å²) in [4.78, 5) is 30.0. The predicted octanol–water partition coefficient (Wildman–Crippen LogP) is 3.16. The molecule has 30 heavy (non-hydrogen) atoms. The second-order valence-corrected chi connectivity index (χ2v) is 8.55. The number of aromatic nitrogens is 3. The smallest absolute Gasteiger partial charge is 0.410 e. The van der Waals surface area contributed by atoms with Gasteiger partial charge in [0.15, 0.2) is 5.69 Å². The summed E-state index contributed by atoms with van der Waals surface area (Å²) in [6.07, 6.45) is 2.93. The van der Waals surface area contributed by atoms with E-state index < -0.39 is 5.60 Å². The zero-order valence-electron chi connectivity index (χ0n) is 17.5. The first-order valence-electron chi connectivity index (χ1n) is 10.2. The molecule has 158 valence electrons. The van der Waals surface area contributed by atoms with Crippen molar-refractivity contribution < 1.29 is 14.3 Å². The molecular formula is C22H27N5O3. The van der Waals surface area contributed by atoms with Crippen LogP contribution in [0.2, 0.25) is 0 Å². The lowest BCUT2D eigenvalue weighted by Crippen LogP contribution is -2.40. The minimum atomic E-state index is -0.559. The highest BCUT2D eigenvalue weighted by molar-refractivity contribution is 5.94. The van der Waals surface area contributed by atoms with Gasteiger partial charge in [0, 0.05) is 47.9 Å². The number of aromatic amines is 2. The quantitative estimate of drug-likeness (QED) is 0.616. The van der Waals surface area contributed by atoms with E-state index in [-0.39, 0.29) is 12.0 Å². The van der Waals surface area contributed by atoms with E-state index in [0.29, 0.717) is 38.2 Å². The number of fused-ring (bicyclic) bond motifs is 2. The van der Waals surface area contributed by atoms with Gasteiger partial charge in [-0.15, -0.1) is 0 Å².